The first-order valence-electron chi connectivity index (χ1n) is 8.87. The van der Waals surface area contributed by atoms with Crippen LogP contribution in [0.1, 0.15) is 47.1 Å². The maximum atomic E-state index is 12.4. The van der Waals surface area contributed by atoms with Gasteiger partial charge in [0, 0.05) is 5.56 Å². The number of rotatable bonds is 4. The van der Waals surface area contributed by atoms with E-state index in [0.717, 1.165) is 17.3 Å². The number of imide groups is 1. The summed E-state index contributed by atoms with van der Waals surface area (Å²) in [5.74, 6) is -0.0711. The maximum absolute atomic E-state index is 12.4. The minimum atomic E-state index is -0.300. The van der Waals surface area contributed by atoms with Crippen molar-refractivity contribution >= 4 is 23.6 Å². The lowest BCUT2D eigenvalue weighted by molar-refractivity contribution is 0.0684. The molecule has 0 fully saturated rings. The summed E-state index contributed by atoms with van der Waals surface area (Å²) < 4.78 is 5.69. The minimum Gasteiger partial charge on any atom is -0.411 e. The zero-order valence-electron chi connectivity index (χ0n) is 15.8. The highest BCUT2D eigenvalue weighted by Gasteiger charge is 2.35. The van der Waals surface area contributed by atoms with Gasteiger partial charge in [-0.2, -0.15) is 0 Å². The van der Waals surface area contributed by atoms with Gasteiger partial charge in [-0.15, -0.1) is 10.2 Å². The monoisotopic (exact) mass is 393 g/mol. The molecule has 0 bridgehead atoms. The number of hydrogen-bond acceptors (Lipinski definition) is 6. The largest absolute Gasteiger partial charge is 0.411 e. The number of hydrogen-bond donors (Lipinski definition) is 0. The predicted octanol–water partition coefficient (Wildman–Crippen LogP) is 4.38. The molecular weight excluding hydrogens is 374 g/mol. The number of carbonyl (C=O) groups is 2. The summed E-state index contributed by atoms with van der Waals surface area (Å²) in [7, 11) is 0. The topological polar surface area (TPSA) is 76.3 Å². The zero-order chi connectivity index (χ0) is 19.9. The Morgan fingerprint density at radius 2 is 1.54 bits per heavy atom. The van der Waals surface area contributed by atoms with E-state index in [2.05, 4.69) is 31.0 Å². The van der Waals surface area contributed by atoms with E-state index < -0.39 is 0 Å². The molecule has 7 heteroatoms. The van der Waals surface area contributed by atoms with E-state index in [1.165, 1.54) is 10.5 Å². The van der Waals surface area contributed by atoms with Gasteiger partial charge in [0.25, 0.3) is 17.0 Å². The van der Waals surface area contributed by atoms with Crippen molar-refractivity contribution in [3.05, 3.63) is 65.2 Å². The molecule has 142 valence electrons. The van der Waals surface area contributed by atoms with Gasteiger partial charge in [-0.05, 0) is 47.0 Å². The van der Waals surface area contributed by atoms with Crippen LogP contribution in [-0.4, -0.2) is 32.8 Å². The smallest absolute Gasteiger partial charge is 0.278 e. The highest BCUT2D eigenvalue weighted by molar-refractivity contribution is 7.99. The summed E-state index contributed by atoms with van der Waals surface area (Å²) in [6, 6.07) is 14.8. The van der Waals surface area contributed by atoms with Crippen LogP contribution in [0.5, 0.6) is 0 Å². The molecule has 1 aliphatic rings. The van der Waals surface area contributed by atoms with Crippen molar-refractivity contribution in [3.63, 3.8) is 0 Å². The highest BCUT2D eigenvalue weighted by atomic mass is 32.2. The van der Waals surface area contributed by atoms with Crippen LogP contribution < -0.4 is 0 Å². The van der Waals surface area contributed by atoms with Crippen LogP contribution in [0.4, 0.5) is 0 Å². The van der Waals surface area contributed by atoms with Gasteiger partial charge in [0.15, 0.2) is 0 Å². The molecule has 0 unspecified atom stereocenters. The first-order valence-corrected chi connectivity index (χ1v) is 9.85. The fourth-order valence-electron chi connectivity index (χ4n) is 2.97. The average Bonchev–Trinajstić information content (AvgIpc) is 3.24. The van der Waals surface area contributed by atoms with Crippen molar-refractivity contribution in [2.75, 3.05) is 5.88 Å². The lowest BCUT2D eigenvalue weighted by Gasteiger charge is -2.18. The van der Waals surface area contributed by atoms with E-state index >= 15 is 0 Å². The van der Waals surface area contributed by atoms with Gasteiger partial charge in [0.1, 0.15) is 0 Å². The third-order valence-corrected chi connectivity index (χ3v) is 5.40. The van der Waals surface area contributed by atoms with Crippen molar-refractivity contribution in [2.45, 2.75) is 31.4 Å². The second kappa shape index (κ2) is 6.91. The van der Waals surface area contributed by atoms with Crippen LogP contribution in [0.2, 0.25) is 0 Å². The van der Waals surface area contributed by atoms with Crippen LogP contribution in [0, 0.1) is 0 Å². The molecule has 6 nitrogen and oxygen atoms in total. The number of fused-ring (bicyclic) bond motifs is 1. The van der Waals surface area contributed by atoms with Crippen LogP contribution in [0.15, 0.2) is 58.2 Å². The molecular formula is C21H19N3O3S. The Balaban J connectivity index is 1.45. The Morgan fingerprint density at radius 3 is 2.11 bits per heavy atom. The molecule has 0 radical (unpaired) electrons. The van der Waals surface area contributed by atoms with E-state index in [1.807, 2.05) is 24.3 Å². The van der Waals surface area contributed by atoms with Gasteiger partial charge in [-0.1, -0.05) is 45.0 Å². The molecule has 2 heterocycles. The summed E-state index contributed by atoms with van der Waals surface area (Å²) in [4.78, 5) is 26.0. The minimum absolute atomic E-state index is 0.0702. The Hall–Kier alpha value is -2.93. The number of carbonyl (C=O) groups excluding carboxylic acids is 2. The summed E-state index contributed by atoms with van der Waals surface area (Å²) in [6.45, 7) is 6.47. The lowest BCUT2D eigenvalue weighted by atomic mass is 9.87. The predicted molar refractivity (Wildman–Crippen MR) is 106 cm³/mol. The van der Waals surface area contributed by atoms with Crippen LogP contribution >= 0.6 is 11.8 Å². The molecule has 0 atom stereocenters. The molecule has 0 saturated heterocycles. The number of aromatic nitrogens is 2. The molecule has 0 spiro atoms. The van der Waals surface area contributed by atoms with Gasteiger partial charge < -0.3 is 4.42 Å². The SMILES string of the molecule is CC(C)(C)c1ccc(-c2nnc(SCN3C(=O)c4ccccc4C3=O)o2)cc1. The highest BCUT2D eigenvalue weighted by Crippen LogP contribution is 2.29. The van der Waals surface area contributed by atoms with Crippen molar-refractivity contribution in [2.24, 2.45) is 0 Å². The first kappa shape index (κ1) is 18.4. The maximum Gasteiger partial charge on any atom is 0.278 e. The van der Waals surface area contributed by atoms with E-state index in [9.17, 15) is 9.59 Å². The Kier molecular flexibility index (Phi) is 4.55. The van der Waals surface area contributed by atoms with Crippen molar-refractivity contribution < 1.29 is 14.0 Å². The van der Waals surface area contributed by atoms with Crippen LogP contribution in [-0.2, 0) is 5.41 Å². The number of thioether (sulfide) groups is 1. The second-order valence-corrected chi connectivity index (χ2v) is 8.45. The number of benzene rings is 2. The molecule has 0 aliphatic carbocycles. The number of amides is 2. The summed E-state index contributed by atoms with van der Waals surface area (Å²) in [5.41, 5.74) is 2.97. The van der Waals surface area contributed by atoms with Crippen molar-refractivity contribution in [1.82, 2.24) is 15.1 Å². The van der Waals surface area contributed by atoms with Crippen LogP contribution in [0.25, 0.3) is 11.5 Å². The van der Waals surface area contributed by atoms with Crippen molar-refractivity contribution in [1.29, 1.82) is 0 Å². The molecule has 0 saturated carbocycles. The quantitative estimate of drug-likeness (QED) is 0.484. The molecule has 28 heavy (non-hydrogen) atoms. The Bertz CT molecular complexity index is 1020. The average molecular weight is 393 g/mol. The lowest BCUT2D eigenvalue weighted by Crippen LogP contribution is -2.29. The van der Waals surface area contributed by atoms with Crippen LogP contribution in [0.3, 0.4) is 0 Å². The molecule has 1 aromatic heterocycles. The Labute approximate surface area is 167 Å². The molecule has 3 aromatic rings. The van der Waals surface area contributed by atoms with E-state index in [0.29, 0.717) is 22.2 Å². The van der Waals surface area contributed by atoms with Gasteiger partial charge in [-0.3, -0.25) is 14.5 Å². The third-order valence-electron chi connectivity index (χ3n) is 4.60. The van der Waals surface area contributed by atoms with Gasteiger partial charge in [-0.25, -0.2) is 0 Å². The van der Waals surface area contributed by atoms with Gasteiger partial charge in [0.2, 0.25) is 5.89 Å². The summed E-state index contributed by atoms with van der Waals surface area (Å²) in [5, 5.41) is 8.41. The van der Waals surface area contributed by atoms with Crippen molar-refractivity contribution in [3.8, 4) is 11.5 Å². The number of nitrogens with zero attached hydrogens (tertiary/aromatic N) is 3. The van der Waals surface area contributed by atoms with Gasteiger partial charge >= 0.3 is 0 Å². The normalized spacial score (nSPS) is 13.9. The summed E-state index contributed by atoms with van der Waals surface area (Å²) >= 11 is 1.16. The molecule has 4 rings (SSSR count). The standard InChI is InChI=1S/C21H19N3O3S/c1-21(2,3)14-10-8-13(9-11-14)17-22-23-20(27-17)28-12-24-18(25)15-6-4-5-7-16(15)19(24)26/h4-11H,12H2,1-3H3. The zero-order valence-corrected chi connectivity index (χ0v) is 16.6. The molecule has 1 aliphatic heterocycles. The fourth-order valence-corrected chi connectivity index (χ4v) is 3.68. The second-order valence-electron chi connectivity index (χ2n) is 7.56. The molecule has 2 amide bonds. The van der Waals surface area contributed by atoms with E-state index in [1.54, 1.807) is 24.3 Å². The van der Waals surface area contributed by atoms with Gasteiger partial charge in [0.05, 0.1) is 17.0 Å². The van der Waals surface area contributed by atoms with E-state index in [-0.39, 0.29) is 23.1 Å². The Morgan fingerprint density at radius 1 is 0.929 bits per heavy atom. The van der Waals surface area contributed by atoms with E-state index in [4.69, 9.17) is 4.42 Å². The summed E-state index contributed by atoms with van der Waals surface area (Å²) in [6.07, 6.45) is 0. The fraction of sp³-hybridized carbons (Fsp3) is 0.238. The molecule has 0 N–H and O–H groups in total. The first-order chi connectivity index (χ1) is 13.3. The third kappa shape index (κ3) is 3.33. The molecule has 2 aromatic carbocycles.